The van der Waals surface area contributed by atoms with Gasteiger partial charge in [0.1, 0.15) is 0 Å². The van der Waals surface area contributed by atoms with Gasteiger partial charge in [0, 0.05) is 23.9 Å². The first-order chi connectivity index (χ1) is 3.81. The smallest absolute Gasteiger partial charge is 0 e. The molecule has 0 saturated heterocycles. The monoisotopic (exact) mass is 234 g/mol. The van der Waals surface area contributed by atoms with Crippen molar-refractivity contribution in [1.29, 1.82) is 0 Å². The van der Waals surface area contributed by atoms with Crippen molar-refractivity contribution >= 4 is 23.9 Å². The van der Waals surface area contributed by atoms with E-state index in [4.69, 9.17) is 0 Å². The van der Waals surface area contributed by atoms with Crippen LogP contribution in [0.5, 0.6) is 0 Å². The average Bonchev–Trinajstić information content (AvgIpc) is 1.83. The van der Waals surface area contributed by atoms with Crippen LogP contribution < -0.4 is 0 Å². The number of unbranched alkanes of at least 4 members (excludes halogenated alkanes) is 1. The van der Waals surface area contributed by atoms with Crippen molar-refractivity contribution in [1.82, 2.24) is 0 Å². The molecule has 0 aliphatic carbocycles. The molecule has 0 saturated carbocycles. The maximum absolute atomic E-state index is 2.33. The van der Waals surface area contributed by atoms with Crippen molar-refractivity contribution in [2.45, 2.75) is 46.5 Å². The van der Waals surface area contributed by atoms with Crippen LogP contribution in [-0.2, 0) is 0 Å². The summed E-state index contributed by atoms with van der Waals surface area (Å²) in [6.45, 7) is 6.85. The van der Waals surface area contributed by atoms with Gasteiger partial charge in [0.25, 0.3) is 0 Å². The van der Waals surface area contributed by atoms with Crippen molar-refractivity contribution in [3.8, 4) is 0 Å². The second-order valence-corrected chi connectivity index (χ2v) is 2.66. The van der Waals surface area contributed by atoms with Gasteiger partial charge in [0.2, 0.25) is 0 Å². The van der Waals surface area contributed by atoms with E-state index < -0.39 is 0 Å². The maximum Gasteiger partial charge on any atom is 0 e. The van der Waals surface area contributed by atoms with Crippen LogP contribution in [0.4, 0.5) is 0 Å². The average molecular weight is 233 g/mol. The number of hydrogen-bond acceptors (Lipinski definition) is 0. The summed E-state index contributed by atoms with van der Waals surface area (Å²) in [5, 5.41) is 0. The summed E-state index contributed by atoms with van der Waals surface area (Å²) >= 11 is 0. The molecule has 1 unspecified atom stereocenters. The van der Waals surface area contributed by atoms with Crippen molar-refractivity contribution in [2.75, 3.05) is 0 Å². The van der Waals surface area contributed by atoms with Crippen LogP contribution in [0.3, 0.4) is 0 Å². The van der Waals surface area contributed by atoms with Gasteiger partial charge in [-0.05, 0) is 5.92 Å². The third-order valence-electron chi connectivity index (χ3n) is 1.75. The van der Waals surface area contributed by atoms with Gasteiger partial charge in [-0.15, -0.1) is 0 Å². The van der Waals surface area contributed by atoms with Crippen molar-refractivity contribution in [3.05, 3.63) is 0 Å². The molecule has 0 rings (SSSR count). The van der Waals surface area contributed by atoms with E-state index in [1.165, 1.54) is 25.7 Å². The molecule has 0 nitrogen and oxygen atoms in total. The first-order valence-electron chi connectivity index (χ1n) is 3.81. The molecule has 0 spiro atoms. The molecule has 9 heavy (non-hydrogen) atoms. The predicted molar refractivity (Wildman–Crippen MR) is 44.7 cm³/mol. The first-order valence-corrected chi connectivity index (χ1v) is 3.81. The van der Waals surface area contributed by atoms with Gasteiger partial charge in [0.05, 0.1) is 0 Å². The van der Waals surface area contributed by atoms with Crippen LogP contribution in [0.15, 0.2) is 0 Å². The molecule has 0 aromatic carbocycles. The second kappa shape index (κ2) is 8.80. The molecule has 0 N–H and O–H groups in total. The SMILES string of the molecule is CCCCC(C)CC.[Sn]. The van der Waals surface area contributed by atoms with Crippen LogP contribution in [0.25, 0.3) is 0 Å². The Bertz CT molecular complexity index is 43.8. The third-order valence-corrected chi connectivity index (χ3v) is 1.75. The third kappa shape index (κ3) is 8.80. The van der Waals surface area contributed by atoms with Crippen LogP contribution in [-0.4, -0.2) is 23.9 Å². The van der Waals surface area contributed by atoms with Crippen molar-refractivity contribution < 1.29 is 0 Å². The number of hydrogen-bond donors (Lipinski definition) is 0. The van der Waals surface area contributed by atoms with Gasteiger partial charge in [-0.25, -0.2) is 0 Å². The Hall–Kier alpha value is 0.799. The minimum atomic E-state index is 0. The minimum Gasteiger partial charge on any atom is -0.0654 e. The van der Waals surface area contributed by atoms with Gasteiger partial charge in [-0.3, -0.25) is 0 Å². The minimum absolute atomic E-state index is 0. The summed E-state index contributed by atoms with van der Waals surface area (Å²) in [5.41, 5.74) is 0. The zero-order chi connectivity index (χ0) is 6.41. The van der Waals surface area contributed by atoms with E-state index in [1.54, 1.807) is 0 Å². The molecule has 1 heteroatoms. The molecule has 0 bridgehead atoms. The van der Waals surface area contributed by atoms with E-state index in [0.29, 0.717) is 0 Å². The Morgan fingerprint density at radius 3 is 2.11 bits per heavy atom. The molecule has 0 amide bonds. The first kappa shape index (κ1) is 12.5. The topological polar surface area (TPSA) is 0 Å². The van der Waals surface area contributed by atoms with E-state index in [1.807, 2.05) is 0 Å². The normalized spacial score (nSPS) is 12.3. The van der Waals surface area contributed by atoms with Gasteiger partial charge in [-0.1, -0.05) is 46.5 Å². The Morgan fingerprint density at radius 2 is 1.78 bits per heavy atom. The summed E-state index contributed by atoms with van der Waals surface area (Å²) in [6.07, 6.45) is 5.53. The van der Waals surface area contributed by atoms with Crippen LogP contribution in [0.1, 0.15) is 46.5 Å². The molecule has 0 aromatic rings. The molecular weight excluding hydrogens is 215 g/mol. The van der Waals surface area contributed by atoms with Gasteiger partial charge in [0.15, 0.2) is 0 Å². The summed E-state index contributed by atoms with van der Waals surface area (Å²) in [5.74, 6) is 0.954. The largest absolute Gasteiger partial charge is 0.0654 e. The fourth-order valence-electron chi connectivity index (χ4n) is 0.757. The zero-order valence-electron chi connectivity index (χ0n) is 6.91. The van der Waals surface area contributed by atoms with Gasteiger partial charge in [-0.2, -0.15) is 0 Å². The predicted octanol–water partition coefficient (Wildman–Crippen LogP) is 2.84. The summed E-state index contributed by atoms with van der Waals surface area (Å²) in [7, 11) is 0. The Labute approximate surface area is 76.4 Å². The number of rotatable bonds is 4. The molecular formula is C8H18Sn. The second-order valence-electron chi connectivity index (χ2n) is 2.66. The summed E-state index contributed by atoms with van der Waals surface area (Å²) in [6, 6.07) is 0. The molecule has 0 aliphatic heterocycles. The molecule has 0 heterocycles. The van der Waals surface area contributed by atoms with E-state index in [-0.39, 0.29) is 23.9 Å². The molecule has 4 radical (unpaired) electrons. The standard InChI is InChI=1S/C8H18.Sn/c1-4-6-7-8(3)5-2;/h8H,4-7H2,1-3H3;. The molecule has 0 fully saturated rings. The van der Waals surface area contributed by atoms with E-state index in [2.05, 4.69) is 20.8 Å². The molecule has 0 aliphatic rings. The van der Waals surface area contributed by atoms with E-state index in [0.717, 1.165) is 5.92 Å². The van der Waals surface area contributed by atoms with Gasteiger partial charge < -0.3 is 0 Å². The fourth-order valence-corrected chi connectivity index (χ4v) is 0.757. The van der Waals surface area contributed by atoms with Crippen molar-refractivity contribution in [2.24, 2.45) is 5.92 Å². The maximum atomic E-state index is 2.33. The van der Waals surface area contributed by atoms with Crippen LogP contribution in [0, 0.1) is 5.92 Å². The Morgan fingerprint density at radius 1 is 1.22 bits per heavy atom. The summed E-state index contributed by atoms with van der Waals surface area (Å²) in [4.78, 5) is 0. The molecule has 0 aromatic heterocycles. The zero-order valence-corrected chi connectivity index (χ0v) is 9.76. The quantitative estimate of drug-likeness (QED) is 0.655. The Kier molecular flexibility index (Phi) is 12.2. The van der Waals surface area contributed by atoms with E-state index in [9.17, 15) is 0 Å². The Balaban J connectivity index is 0. The van der Waals surface area contributed by atoms with Gasteiger partial charge >= 0.3 is 0 Å². The molecule has 1 atom stereocenters. The van der Waals surface area contributed by atoms with Crippen molar-refractivity contribution in [3.63, 3.8) is 0 Å². The van der Waals surface area contributed by atoms with Crippen LogP contribution >= 0.6 is 0 Å². The fraction of sp³-hybridized carbons (Fsp3) is 1.00. The van der Waals surface area contributed by atoms with E-state index >= 15 is 0 Å². The molecule has 54 valence electrons. The van der Waals surface area contributed by atoms with Crippen LogP contribution in [0.2, 0.25) is 0 Å². The summed E-state index contributed by atoms with van der Waals surface area (Å²) < 4.78 is 0.